The van der Waals surface area contributed by atoms with Gasteiger partial charge >= 0.3 is 6.03 Å². The van der Waals surface area contributed by atoms with Gasteiger partial charge in [0, 0.05) is 30.8 Å². The van der Waals surface area contributed by atoms with Crippen LogP contribution in [0.5, 0.6) is 0 Å². The number of H-pyrrole nitrogens is 1. The summed E-state index contributed by atoms with van der Waals surface area (Å²) in [7, 11) is 0. The number of carbonyl (C=O) groups excluding carboxylic acids is 1. The Bertz CT molecular complexity index is 1810. The molecule has 42 heavy (non-hydrogen) atoms. The summed E-state index contributed by atoms with van der Waals surface area (Å²) in [5.74, 6) is 1.60. The van der Waals surface area contributed by atoms with Gasteiger partial charge in [0.05, 0.1) is 11.0 Å². The van der Waals surface area contributed by atoms with Crippen LogP contribution in [0.2, 0.25) is 0 Å². The van der Waals surface area contributed by atoms with E-state index in [1.54, 1.807) is 0 Å². The zero-order valence-corrected chi connectivity index (χ0v) is 23.6. The van der Waals surface area contributed by atoms with Gasteiger partial charge in [-0.2, -0.15) is 5.21 Å². The molecule has 0 atom stereocenters. The summed E-state index contributed by atoms with van der Waals surface area (Å²) < 4.78 is 2.27. The highest BCUT2D eigenvalue weighted by Gasteiger charge is 2.16. The van der Waals surface area contributed by atoms with Crippen LogP contribution in [0.15, 0.2) is 91.0 Å². The van der Waals surface area contributed by atoms with Gasteiger partial charge in [-0.1, -0.05) is 85.8 Å². The lowest BCUT2D eigenvalue weighted by Gasteiger charge is -2.13. The normalized spacial score (nSPS) is 11.1. The molecule has 2 aromatic heterocycles. The minimum atomic E-state index is -0.242. The number of benzene rings is 4. The lowest BCUT2D eigenvalue weighted by molar-refractivity contribution is 0.251. The summed E-state index contributed by atoms with van der Waals surface area (Å²) in [5.41, 5.74) is 8.97. The maximum Gasteiger partial charge on any atom is 0.319 e. The van der Waals surface area contributed by atoms with E-state index in [0.717, 1.165) is 68.8 Å². The van der Waals surface area contributed by atoms with Crippen molar-refractivity contribution in [3.8, 4) is 22.5 Å². The molecule has 9 heteroatoms. The summed E-state index contributed by atoms with van der Waals surface area (Å²) in [5, 5.41) is 20.5. The Morgan fingerprint density at radius 3 is 2.40 bits per heavy atom. The zero-order chi connectivity index (χ0) is 28.9. The number of fused-ring (bicyclic) bond motifs is 1. The first kappa shape index (κ1) is 26.9. The number of aryl methyl sites for hydroxylation is 2. The van der Waals surface area contributed by atoms with Crippen molar-refractivity contribution in [1.82, 2.24) is 35.5 Å². The molecule has 0 aliphatic heterocycles. The van der Waals surface area contributed by atoms with E-state index in [2.05, 4.69) is 73.1 Å². The standard InChI is InChI=1S/C33H32N8O/c1-3-9-30-36-31-22(2)18-26(35-33(42)34-20-23-10-5-4-6-11-23)19-29(31)41(30)21-24-14-16-25(17-15-24)27-12-7-8-13-28(27)32-37-39-40-38-32/h4-8,10-19H,3,9,20-21H2,1-2H3,(H2,34,35,42)(H,37,38,39,40). The van der Waals surface area contributed by atoms with E-state index in [0.29, 0.717) is 18.9 Å². The van der Waals surface area contributed by atoms with Gasteiger partial charge < -0.3 is 15.2 Å². The van der Waals surface area contributed by atoms with Gasteiger partial charge in [-0.05, 0) is 58.5 Å². The van der Waals surface area contributed by atoms with Crippen molar-refractivity contribution < 1.29 is 4.79 Å². The van der Waals surface area contributed by atoms with Crippen LogP contribution in [0.1, 0.15) is 35.9 Å². The monoisotopic (exact) mass is 556 g/mol. The molecule has 0 fully saturated rings. The Morgan fingerprint density at radius 1 is 0.905 bits per heavy atom. The van der Waals surface area contributed by atoms with Crippen LogP contribution in [0.4, 0.5) is 10.5 Å². The van der Waals surface area contributed by atoms with E-state index < -0.39 is 0 Å². The summed E-state index contributed by atoms with van der Waals surface area (Å²) in [6, 6.07) is 30.2. The number of anilines is 1. The lowest BCUT2D eigenvalue weighted by Crippen LogP contribution is -2.28. The van der Waals surface area contributed by atoms with E-state index in [1.807, 2.05) is 67.6 Å². The van der Waals surface area contributed by atoms with Crippen LogP contribution in [0, 0.1) is 6.92 Å². The predicted octanol–water partition coefficient (Wildman–Crippen LogP) is 6.51. The topological polar surface area (TPSA) is 113 Å². The number of hydrogen-bond acceptors (Lipinski definition) is 5. The third kappa shape index (κ3) is 5.76. The van der Waals surface area contributed by atoms with Crippen molar-refractivity contribution in [3.05, 3.63) is 114 Å². The number of hydrogen-bond donors (Lipinski definition) is 3. The molecule has 4 aromatic carbocycles. The number of nitrogens with one attached hydrogen (secondary N) is 3. The summed E-state index contributed by atoms with van der Waals surface area (Å²) in [6.45, 7) is 5.33. The van der Waals surface area contributed by atoms with E-state index in [-0.39, 0.29) is 6.03 Å². The molecule has 0 aliphatic carbocycles. The summed E-state index contributed by atoms with van der Waals surface area (Å²) in [6.07, 6.45) is 1.85. The molecule has 3 N–H and O–H groups in total. The summed E-state index contributed by atoms with van der Waals surface area (Å²) >= 11 is 0. The minimum absolute atomic E-state index is 0.242. The van der Waals surface area contributed by atoms with E-state index in [1.165, 1.54) is 0 Å². The molecule has 0 spiro atoms. The molecule has 9 nitrogen and oxygen atoms in total. The van der Waals surface area contributed by atoms with Gasteiger partial charge in [0.15, 0.2) is 0 Å². The minimum Gasteiger partial charge on any atom is -0.334 e. The molecule has 6 rings (SSSR count). The van der Waals surface area contributed by atoms with E-state index in [4.69, 9.17) is 4.98 Å². The molecular weight excluding hydrogens is 524 g/mol. The van der Waals surface area contributed by atoms with Gasteiger partial charge in [0.25, 0.3) is 0 Å². The zero-order valence-electron chi connectivity index (χ0n) is 23.6. The van der Waals surface area contributed by atoms with E-state index >= 15 is 0 Å². The highest BCUT2D eigenvalue weighted by atomic mass is 16.2. The first-order valence-electron chi connectivity index (χ1n) is 14.1. The van der Waals surface area contributed by atoms with E-state index in [9.17, 15) is 4.79 Å². The number of rotatable bonds is 9. The van der Waals surface area contributed by atoms with Crippen LogP contribution in [-0.4, -0.2) is 36.2 Å². The predicted molar refractivity (Wildman–Crippen MR) is 165 cm³/mol. The average Bonchev–Trinajstić information content (AvgIpc) is 3.67. The van der Waals surface area contributed by atoms with Crippen LogP contribution in [0.3, 0.4) is 0 Å². The summed E-state index contributed by atoms with van der Waals surface area (Å²) in [4.78, 5) is 17.7. The third-order valence-electron chi connectivity index (χ3n) is 7.27. The molecule has 0 saturated heterocycles. The second kappa shape index (κ2) is 12.1. The fourth-order valence-electron chi connectivity index (χ4n) is 5.24. The Kier molecular flexibility index (Phi) is 7.72. The molecule has 6 aromatic rings. The van der Waals surface area contributed by atoms with Crippen molar-refractivity contribution >= 4 is 22.8 Å². The van der Waals surface area contributed by atoms with Crippen molar-refractivity contribution in [2.45, 2.75) is 39.8 Å². The smallest absolute Gasteiger partial charge is 0.319 e. The van der Waals surface area contributed by atoms with Crippen molar-refractivity contribution in [3.63, 3.8) is 0 Å². The van der Waals surface area contributed by atoms with Gasteiger partial charge in [0.1, 0.15) is 5.82 Å². The molecule has 0 radical (unpaired) electrons. The first-order valence-corrected chi connectivity index (χ1v) is 14.1. The fraction of sp³-hybridized carbons (Fsp3) is 0.182. The van der Waals surface area contributed by atoms with Crippen molar-refractivity contribution in [2.75, 3.05) is 5.32 Å². The molecular formula is C33H32N8O. The molecule has 0 saturated carbocycles. The average molecular weight is 557 g/mol. The number of carbonyl (C=O) groups is 1. The highest BCUT2D eigenvalue weighted by molar-refractivity contribution is 5.93. The maximum atomic E-state index is 12.7. The molecule has 2 amide bonds. The Labute approximate surface area is 244 Å². The van der Waals surface area contributed by atoms with Crippen LogP contribution < -0.4 is 10.6 Å². The van der Waals surface area contributed by atoms with Gasteiger partial charge in [-0.3, -0.25) is 0 Å². The number of nitrogens with zero attached hydrogens (tertiary/aromatic N) is 5. The number of aromatic nitrogens is 6. The Morgan fingerprint density at radius 2 is 1.67 bits per heavy atom. The Balaban J connectivity index is 1.26. The van der Waals surface area contributed by atoms with Crippen molar-refractivity contribution in [2.24, 2.45) is 0 Å². The van der Waals surface area contributed by atoms with Crippen LogP contribution >= 0.6 is 0 Å². The molecule has 210 valence electrons. The Hall–Kier alpha value is -5.31. The van der Waals surface area contributed by atoms with Gasteiger partial charge in [-0.15, -0.1) is 10.2 Å². The number of aromatic amines is 1. The van der Waals surface area contributed by atoms with Crippen LogP contribution in [-0.2, 0) is 19.5 Å². The largest absolute Gasteiger partial charge is 0.334 e. The second-order valence-corrected chi connectivity index (χ2v) is 10.3. The quantitative estimate of drug-likeness (QED) is 0.188. The fourth-order valence-corrected chi connectivity index (χ4v) is 5.24. The maximum absolute atomic E-state index is 12.7. The lowest BCUT2D eigenvalue weighted by atomic mass is 9.98. The van der Waals surface area contributed by atoms with Gasteiger partial charge in [0.2, 0.25) is 5.82 Å². The van der Waals surface area contributed by atoms with Gasteiger partial charge in [-0.25, -0.2) is 9.78 Å². The number of imidazole rings is 1. The number of tetrazole rings is 1. The van der Waals surface area contributed by atoms with Crippen LogP contribution in [0.25, 0.3) is 33.5 Å². The molecule has 2 heterocycles. The highest BCUT2D eigenvalue weighted by Crippen LogP contribution is 2.31. The number of urea groups is 1. The molecule has 0 aliphatic rings. The molecule has 0 unspecified atom stereocenters. The third-order valence-corrected chi connectivity index (χ3v) is 7.27. The molecule has 0 bridgehead atoms. The SMILES string of the molecule is CCCc1nc2c(C)cc(NC(=O)NCc3ccccc3)cc2n1Cc1ccc(-c2ccccc2-c2nn[nH]n2)cc1. The van der Waals surface area contributed by atoms with Crippen molar-refractivity contribution in [1.29, 1.82) is 0 Å². The number of amides is 2. The second-order valence-electron chi connectivity index (χ2n) is 10.3. The first-order chi connectivity index (χ1) is 20.6.